The third kappa shape index (κ3) is 5.04. The van der Waals surface area contributed by atoms with Crippen LogP contribution in [0.25, 0.3) is 0 Å². The second-order valence-electron chi connectivity index (χ2n) is 7.31. The molecule has 20 heavy (non-hydrogen) atoms. The Hall–Kier alpha value is -0.0800. The highest BCUT2D eigenvalue weighted by Crippen LogP contribution is 2.28. The van der Waals surface area contributed by atoms with Gasteiger partial charge in [0, 0.05) is 24.2 Å². The average Bonchev–Trinajstić information content (AvgIpc) is 2.46. The van der Waals surface area contributed by atoms with Crippen molar-refractivity contribution in [1.82, 2.24) is 10.2 Å². The zero-order valence-electron chi connectivity index (χ0n) is 14.7. The van der Waals surface area contributed by atoms with Crippen LogP contribution >= 0.6 is 0 Å². The van der Waals surface area contributed by atoms with E-state index in [-0.39, 0.29) is 0 Å². The van der Waals surface area contributed by atoms with Crippen LogP contribution in [-0.4, -0.2) is 35.6 Å². The van der Waals surface area contributed by atoms with Gasteiger partial charge in [0.05, 0.1) is 0 Å². The standard InChI is InChI=1S/C18H38N2/c1-6-9-10-11-12-13-14-20-16-17(4,7-2)19-15-18(20,5)8-3/h19H,6-16H2,1-5H3. The molecule has 120 valence electrons. The fourth-order valence-corrected chi connectivity index (χ4v) is 3.20. The van der Waals surface area contributed by atoms with Gasteiger partial charge in [-0.05, 0) is 39.7 Å². The minimum atomic E-state index is 0.316. The van der Waals surface area contributed by atoms with Crippen molar-refractivity contribution in [3.8, 4) is 0 Å². The molecule has 1 N–H and O–H groups in total. The van der Waals surface area contributed by atoms with E-state index in [1.165, 1.54) is 64.5 Å². The normalized spacial score (nSPS) is 31.6. The van der Waals surface area contributed by atoms with Gasteiger partial charge in [-0.2, -0.15) is 0 Å². The van der Waals surface area contributed by atoms with Gasteiger partial charge in [0.1, 0.15) is 0 Å². The van der Waals surface area contributed by atoms with Gasteiger partial charge in [-0.3, -0.25) is 4.90 Å². The lowest BCUT2D eigenvalue weighted by atomic mass is 9.85. The van der Waals surface area contributed by atoms with Crippen molar-refractivity contribution >= 4 is 0 Å². The summed E-state index contributed by atoms with van der Waals surface area (Å²) in [6.07, 6.45) is 10.9. The van der Waals surface area contributed by atoms with Gasteiger partial charge in [-0.15, -0.1) is 0 Å². The molecule has 0 saturated carbocycles. The van der Waals surface area contributed by atoms with Crippen LogP contribution in [0.4, 0.5) is 0 Å². The van der Waals surface area contributed by atoms with Crippen LogP contribution in [0.15, 0.2) is 0 Å². The Morgan fingerprint density at radius 3 is 2.15 bits per heavy atom. The lowest BCUT2D eigenvalue weighted by molar-refractivity contribution is 0.0158. The quantitative estimate of drug-likeness (QED) is 0.622. The van der Waals surface area contributed by atoms with Crippen LogP contribution in [0.1, 0.15) is 86.0 Å². The van der Waals surface area contributed by atoms with Gasteiger partial charge in [0.15, 0.2) is 0 Å². The van der Waals surface area contributed by atoms with Crippen LogP contribution < -0.4 is 5.32 Å². The molecule has 1 heterocycles. The van der Waals surface area contributed by atoms with E-state index < -0.39 is 0 Å². The second kappa shape index (κ2) is 8.38. The fraction of sp³-hybridized carbons (Fsp3) is 1.00. The number of unbranched alkanes of at least 4 members (excludes halogenated alkanes) is 5. The van der Waals surface area contributed by atoms with E-state index in [0.29, 0.717) is 11.1 Å². The van der Waals surface area contributed by atoms with E-state index in [4.69, 9.17) is 0 Å². The van der Waals surface area contributed by atoms with Crippen molar-refractivity contribution in [1.29, 1.82) is 0 Å². The molecular weight excluding hydrogens is 244 g/mol. The lowest BCUT2D eigenvalue weighted by Crippen LogP contribution is -2.67. The molecular formula is C18H38N2. The molecule has 1 fully saturated rings. The van der Waals surface area contributed by atoms with Crippen molar-refractivity contribution in [2.24, 2.45) is 0 Å². The number of hydrogen-bond donors (Lipinski definition) is 1. The second-order valence-corrected chi connectivity index (χ2v) is 7.31. The van der Waals surface area contributed by atoms with Crippen LogP contribution in [0.2, 0.25) is 0 Å². The summed E-state index contributed by atoms with van der Waals surface area (Å²) in [4.78, 5) is 2.77. The number of nitrogens with zero attached hydrogens (tertiary/aromatic N) is 1. The Balaban J connectivity index is 2.41. The molecule has 2 nitrogen and oxygen atoms in total. The summed E-state index contributed by atoms with van der Waals surface area (Å²) in [5, 5.41) is 3.79. The van der Waals surface area contributed by atoms with Gasteiger partial charge in [0.25, 0.3) is 0 Å². The molecule has 0 radical (unpaired) electrons. The minimum absolute atomic E-state index is 0.316. The first kappa shape index (κ1) is 18.0. The molecule has 0 spiro atoms. The van der Waals surface area contributed by atoms with Crippen molar-refractivity contribution in [2.75, 3.05) is 19.6 Å². The van der Waals surface area contributed by atoms with Gasteiger partial charge < -0.3 is 5.32 Å². The maximum absolute atomic E-state index is 3.79. The van der Waals surface area contributed by atoms with Crippen LogP contribution in [0, 0.1) is 0 Å². The SMILES string of the molecule is CCCCCCCCN1CC(C)(CC)NCC1(C)CC. The third-order valence-electron chi connectivity index (χ3n) is 5.52. The van der Waals surface area contributed by atoms with Gasteiger partial charge >= 0.3 is 0 Å². The minimum Gasteiger partial charge on any atom is -0.308 e. The molecule has 0 aromatic rings. The van der Waals surface area contributed by atoms with Gasteiger partial charge in [-0.25, -0.2) is 0 Å². The summed E-state index contributed by atoms with van der Waals surface area (Å²) >= 11 is 0. The Morgan fingerprint density at radius 1 is 0.900 bits per heavy atom. The van der Waals surface area contributed by atoms with E-state index in [0.717, 1.165) is 6.54 Å². The van der Waals surface area contributed by atoms with Crippen molar-refractivity contribution in [2.45, 2.75) is 97.1 Å². The zero-order valence-corrected chi connectivity index (χ0v) is 14.7. The summed E-state index contributed by atoms with van der Waals surface area (Å²) in [5.41, 5.74) is 0.676. The molecule has 1 aliphatic rings. The highest BCUT2D eigenvalue weighted by atomic mass is 15.3. The summed E-state index contributed by atoms with van der Waals surface area (Å²) in [6.45, 7) is 15.4. The molecule has 0 aromatic carbocycles. The van der Waals surface area contributed by atoms with Crippen LogP contribution in [0.3, 0.4) is 0 Å². The first-order chi connectivity index (χ1) is 9.49. The molecule has 1 saturated heterocycles. The van der Waals surface area contributed by atoms with Crippen molar-refractivity contribution < 1.29 is 0 Å². The molecule has 2 atom stereocenters. The number of piperazine rings is 1. The third-order valence-corrected chi connectivity index (χ3v) is 5.52. The van der Waals surface area contributed by atoms with Crippen LogP contribution in [0.5, 0.6) is 0 Å². The predicted octanol–water partition coefficient (Wildman–Crippen LogP) is 4.59. The van der Waals surface area contributed by atoms with E-state index in [2.05, 4.69) is 44.8 Å². The molecule has 0 aliphatic carbocycles. The molecule has 2 heteroatoms. The van der Waals surface area contributed by atoms with E-state index >= 15 is 0 Å². The van der Waals surface area contributed by atoms with Gasteiger partial charge in [0.2, 0.25) is 0 Å². The van der Waals surface area contributed by atoms with Crippen molar-refractivity contribution in [3.05, 3.63) is 0 Å². The monoisotopic (exact) mass is 282 g/mol. The largest absolute Gasteiger partial charge is 0.308 e. The Bertz CT molecular complexity index is 266. The summed E-state index contributed by atoms with van der Waals surface area (Å²) in [6, 6.07) is 0. The molecule has 0 aromatic heterocycles. The Kier molecular flexibility index (Phi) is 7.53. The summed E-state index contributed by atoms with van der Waals surface area (Å²) in [5.74, 6) is 0. The summed E-state index contributed by atoms with van der Waals surface area (Å²) < 4.78 is 0. The Labute approximate surface area is 127 Å². The maximum Gasteiger partial charge on any atom is 0.0304 e. The fourth-order valence-electron chi connectivity index (χ4n) is 3.20. The number of hydrogen-bond acceptors (Lipinski definition) is 2. The van der Waals surface area contributed by atoms with Crippen LogP contribution in [-0.2, 0) is 0 Å². The predicted molar refractivity (Wildman–Crippen MR) is 90.3 cm³/mol. The highest BCUT2D eigenvalue weighted by Gasteiger charge is 2.40. The molecule has 0 amide bonds. The highest BCUT2D eigenvalue weighted by molar-refractivity contribution is 5.00. The average molecular weight is 283 g/mol. The molecule has 2 unspecified atom stereocenters. The van der Waals surface area contributed by atoms with Crippen molar-refractivity contribution in [3.63, 3.8) is 0 Å². The number of nitrogens with one attached hydrogen (secondary N) is 1. The summed E-state index contributed by atoms with van der Waals surface area (Å²) in [7, 11) is 0. The topological polar surface area (TPSA) is 15.3 Å². The first-order valence-corrected chi connectivity index (χ1v) is 9.00. The first-order valence-electron chi connectivity index (χ1n) is 9.00. The van der Waals surface area contributed by atoms with E-state index in [1.54, 1.807) is 0 Å². The molecule has 0 bridgehead atoms. The molecule has 1 rings (SSSR count). The number of rotatable bonds is 9. The Morgan fingerprint density at radius 2 is 1.55 bits per heavy atom. The smallest absolute Gasteiger partial charge is 0.0304 e. The zero-order chi connectivity index (χ0) is 15.1. The molecule has 1 aliphatic heterocycles. The van der Waals surface area contributed by atoms with E-state index in [1.807, 2.05) is 0 Å². The lowest BCUT2D eigenvalue weighted by Gasteiger charge is -2.52. The van der Waals surface area contributed by atoms with E-state index in [9.17, 15) is 0 Å². The maximum atomic E-state index is 3.79. The van der Waals surface area contributed by atoms with Gasteiger partial charge in [-0.1, -0.05) is 52.9 Å².